The number of hydrogen-bond acceptors (Lipinski definition) is 4. The molecule has 16 N–H and O–H groups in total. The maximum absolute atomic E-state index is 8.55. The van der Waals surface area contributed by atoms with Crippen LogP contribution in [-0.4, -0.2) is 43.8 Å². The summed E-state index contributed by atoms with van der Waals surface area (Å²) in [6.07, 6.45) is 0. The van der Waals surface area contributed by atoms with E-state index in [1.165, 1.54) is 0 Å². The molecule has 0 aromatic carbocycles. The molecule has 0 aliphatic heterocycles. The molecule has 0 saturated carbocycles. The van der Waals surface area contributed by atoms with Crippen molar-refractivity contribution < 1.29 is 79.5 Å². The molecule has 14 heteroatoms. The zero-order valence-corrected chi connectivity index (χ0v) is 8.28. The molecule has 0 amide bonds. The summed E-state index contributed by atoms with van der Waals surface area (Å²) < 4.78 is 8.55. The van der Waals surface area contributed by atoms with Crippen molar-refractivity contribution in [3.05, 3.63) is 0 Å². The molecule has 0 aliphatic carbocycles. The predicted octanol–water partition coefficient (Wildman–Crippen LogP) is -9.42. The SMILES string of the molecule is O.O.O.O.O.O.O.O.O=P([O-])([O-])[O-].[Ni+3]. The van der Waals surface area contributed by atoms with Crippen LogP contribution in [0.4, 0.5) is 0 Å². The molecule has 0 rings (SSSR count). The van der Waals surface area contributed by atoms with Crippen molar-refractivity contribution in [2.75, 3.05) is 0 Å². The first-order valence-electron chi connectivity index (χ1n) is 0.730. The second-order valence-corrected chi connectivity index (χ2v) is 1.34. The summed E-state index contributed by atoms with van der Waals surface area (Å²) in [6, 6.07) is 0. The Morgan fingerprint density at radius 2 is 0.571 bits per heavy atom. The minimum atomic E-state index is -5.39. The molecule has 103 valence electrons. The van der Waals surface area contributed by atoms with Gasteiger partial charge in [0.05, 0.1) is 0 Å². The number of rotatable bonds is 0. The van der Waals surface area contributed by atoms with E-state index in [0.717, 1.165) is 0 Å². The van der Waals surface area contributed by atoms with Crippen LogP contribution in [0.15, 0.2) is 0 Å². The molecule has 0 atom stereocenters. The monoisotopic (exact) mass is 297 g/mol. The van der Waals surface area contributed by atoms with Crippen LogP contribution in [0, 0.1) is 0 Å². The fraction of sp³-hybridized carbons (Fsp3) is 0. The Hall–Kier alpha value is 0.284. The van der Waals surface area contributed by atoms with Gasteiger partial charge < -0.3 is 63.1 Å². The van der Waals surface area contributed by atoms with Gasteiger partial charge in [-0.1, -0.05) is 0 Å². The Balaban J connectivity index is -0.00000000222. The molecule has 0 aliphatic rings. The van der Waals surface area contributed by atoms with Crippen molar-refractivity contribution in [2.24, 2.45) is 0 Å². The molecule has 0 spiro atoms. The fourth-order valence-electron chi connectivity index (χ4n) is 0. The summed E-state index contributed by atoms with van der Waals surface area (Å²) >= 11 is 0. The Labute approximate surface area is 88.2 Å². The molecule has 0 saturated heterocycles. The molecular formula is H16NiO12P. The van der Waals surface area contributed by atoms with Crippen LogP contribution in [0.3, 0.4) is 0 Å². The number of hydrogen-bond donors (Lipinski definition) is 0. The van der Waals surface area contributed by atoms with Gasteiger partial charge in [-0.05, 0) is 0 Å². The van der Waals surface area contributed by atoms with Gasteiger partial charge in [-0.15, -0.1) is 0 Å². The first-order valence-corrected chi connectivity index (χ1v) is 2.19. The van der Waals surface area contributed by atoms with Gasteiger partial charge >= 0.3 is 16.5 Å². The van der Waals surface area contributed by atoms with Gasteiger partial charge in [-0.25, -0.2) is 0 Å². The molecule has 12 nitrogen and oxygen atoms in total. The molecular weight excluding hydrogens is 282 g/mol. The third-order valence-corrected chi connectivity index (χ3v) is 0. The van der Waals surface area contributed by atoms with Crippen LogP contribution in [-0.2, 0) is 21.1 Å². The van der Waals surface area contributed by atoms with E-state index in [0.29, 0.717) is 0 Å². The molecule has 1 radical (unpaired) electrons. The van der Waals surface area contributed by atoms with Crippen LogP contribution in [0.5, 0.6) is 0 Å². The Bertz CT molecular complexity index is 56.5. The minimum Gasteiger partial charge on any atom is -0.822 e. The van der Waals surface area contributed by atoms with E-state index < -0.39 is 7.82 Å². The van der Waals surface area contributed by atoms with E-state index in [2.05, 4.69) is 0 Å². The topological polar surface area (TPSA) is 338 Å². The molecule has 0 aromatic heterocycles. The largest absolute Gasteiger partial charge is 3.00 e. The number of phosphoric acid groups is 1. The van der Waals surface area contributed by atoms with E-state index in [9.17, 15) is 0 Å². The van der Waals surface area contributed by atoms with E-state index in [-0.39, 0.29) is 60.3 Å². The average Bonchev–Trinajstić information content (AvgIpc) is 0.722. The van der Waals surface area contributed by atoms with E-state index in [4.69, 9.17) is 19.2 Å². The van der Waals surface area contributed by atoms with Gasteiger partial charge in [0.25, 0.3) is 0 Å². The van der Waals surface area contributed by atoms with Crippen LogP contribution >= 0.6 is 7.82 Å². The van der Waals surface area contributed by atoms with Crippen molar-refractivity contribution in [3.8, 4) is 0 Å². The quantitative estimate of drug-likeness (QED) is 0.310. The average molecular weight is 298 g/mol. The zero-order chi connectivity index (χ0) is 4.50. The second-order valence-electron chi connectivity index (χ2n) is 0.447. The Morgan fingerprint density at radius 3 is 0.571 bits per heavy atom. The maximum atomic E-state index is 8.55. The molecule has 0 heterocycles. The van der Waals surface area contributed by atoms with Gasteiger partial charge in [0.1, 0.15) is 0 Å². The van der Waals surface area contributed by atoms with E-state index >= 15 is 0 Å². The summed E-state index contributed by atoms with van der Waals surface area (Å²) in [5.74, 6) is 0. The summed E-state index contributed by atoms with van der Waals surface area (Å²) in [5.41, 5.74) is 0. The third-order valence-electron chi connectivity index (χ3n) is 0. The normalized spacial score (nSPS) is 4.21. The van der Waals surface area contributed by atoms with Crippen molar-refractivity contribution in [1.29, 1.82) is 0 Å². The summed E-state index contributed by atoms with van der Waals surface area (Å²) in [7, 11) is -5.39. The zero-order valence-electron chi connectivity index (χ0n) is 6.40. The van der Waals surface area contributed by atoms with Gasteiger partial charge in [-0.2, -0.15) is 7.82 Å². The van der Waals surface area contributed by atoms with Crippen molar-refractivity contribution in [2.45, 2.75) is 0 Å². The van der Waals surface area contributed by atoms with Crippen LogP contribution in [0.1, 0.15) is 0 Å². The first-order chi connectivity index (χ1) is 2.00. The van der Waals surface area contributed by atoms with Gasteiger partial charge in [0.2, 0.25) is 0 Å². The van der Waals surface area contributed by atoms with Gasteiger partial charge in [0, 0.05) is 0 Å². The standard InChI is InChI=1S/Ni.H3O4P.8H2O/c;1-5(2,3)4;;;;;;;;/h;(H3,1,2,3,4);8*1H2/q+3;;;;;;;;;/p-3. The van der Waals surface area contributed by atoms with E-state index in [1.54, 1.807) is 0 Å². The molecule has 0 fully saturated rings. The maximum Gasteiger partial charge on any atom is 3.00 e. The summed E-state index contributed by atoms with van der Waals surface area (Å²) in [4.78, 5) is 25.6. The second kappa shape index (κ2) is 50.8. The predicted molar refractivity (Wildman–Crippen MR) is 36.5 cm³/mol. The Morgan fingerprint density at radius 1 is 0.571 bits per heavy atom. The fourth-order valence-corrected chi connectivity index (χ4v) is 0. The van der Waals surface area contributed by atoms with E-state index in [1.807, 2.05) is 0 Å². The van der Waals surface area contributed by atoms with Crippen LogP contribution < -0.4 is 14.7 Å². The molecule has 0 unspecified atom stereocenters. The Kier molecular flexibility index (Phi) is 498. The molecule has 14 heavy (non-hydrogen) atoms. The smallest absolute Gasteiger partial charge is 0.822 e. The van der Waals surface area contributed by atoms with Gasteiger partial charge in [-0.3, -0.25) is 0 Å². The van der Waals surface area contributed by atoms with Crippen molar-refractivity contribution in [3.63, 3.8) is 0 Å². The first kappa shape index (κ1) is 137. The van der Waals surface area contributed by atoms with Crippen LogP contribution in [0.25, 0.3) is 0 Å². The molecule has 0 bridgehead atoms. The third kappa shape index (κ3) is 19500. The van der Waals surface area contributed by atoms with Crippen molar-refractivity contribution >= 4 is 7.82 Å². The van der Waals surface area contributed by atoms with Crippen molar-refractivity contribution in [1.82, 2.24) is 0 Å². The van der Waals surface area contributed by atoms with Crippen LogP contribution in [0.2, 0.25) is 0 Å². The molecule has 0 aromatic rings. The van der Waals surface area contributed by atoms with Gasteiger partial charge in [0.15, 0.2) is 0 Å². The summed E-state index contributed by atoms with van der Waals surface area (Å²) in [6.45, 7) is 0. The minimum absolute atomic E-state index is 0. The summed E-state index contributed by atoms with van der Waals surface area (Å²) in [5, 5.41) is 0.